The van der Waals surface area contributed by atoms with E-state index in [0.717, 1.165) is 52.2 Å². The fourth-order valence-corrected chi connectivity index (χ4v) is 6.72. The normalized spacial score (nSPS) is 18.8. The Morgan fingerprint density at radius 2 is 1.73 bits per heavy atom. The number of allylic oxidation sites excluding steroid dienone is 1. The Kier molecular flexibility index (Phi) is 5.01. The van der Waals surface area contributed by atoms with E-state index in [1.807, 2.05) is 61.5 Å². The number of hydrogen-bond donors (Lipinski definition) is 1. The number of para-hydroxylation sites is 1. The topological polar surface area (TPSA) is 72.7 Å². The summed E-state index contributed by atoms with van der Waals surface area (Å²) in [5, 5.41) is 2.91. The molecule has 37 heavy (non-hydrogen) atoms. The average Bonchev–Trinajstić information content (AvgIpc) is 3.43. The van der Waals surface area contributed by atoms with Crippen LogP contribution in [-0.4, -0.2) is 17.1 Å². The molecule has 1 aromatic heterocycles. The van der Waals surface area contributed by atoms with Gasteiger partial charge in [0.15, 0.2) is 4.80 Å². The van der Waals surface area contributed by atoms with E-state index >= 15 is 0 Å². The summed E-state index contributed by atoms with van der Waals surface area (Å²) in [6, 6.07) is 23.5. The van der Waals surface area contributed by atoms with Crippen molar-refractivity contribution < 1.29 is 9.53 Å². The third-order valence-electron chi connectivity index (χ3n) is 7.25. The van der Waals surface area contributed by atoms with Crippen LogP contribution in [0.1, 0.15) is 41.6 Å². The molecule has 0 radical (unpaired) electrons. The van der Waals surface area contributed by atoms with Crippen LogP contribution < -0.4 is 24.9 Å². The van der Waals surface area contributed by atoms with Crippen molar-refractivity contribution in [2.45, 2.75) is 25.8 Å². The van der Waals surface area contributed by atoms with Gasteiger partial charge in [0.2, 0.25) is 0 Å². The van der Waals surface area contributed by atoms with Gasteiger partial charge in [-0.05, 0) is 54.7 Å². The molecule has 0 unspecified atom stereocenters. The van der Waals surface area contributed by atoms with E-state index in [2.05, 4.69) is 23.5 Å². The Hall–Kier alpha value is -4.23. The van der Waals surface area contributed by atoms with Crippen LogP contribution in [0.4, 0.5) is 5.69 Å². The van der Waals surface area contributed by atoms with Crippen LogP contribution in [0.2, 0.25) is 0 Å². The number of nitrogens with one attached hydrogen (secondary N) is 1. The van der Waals surface area contributed by atoms with Crippen molar-refractivity contribution >= 4 is 34.2 Å². The van der Waals surface area contributed by atoms with Crippen molar-refractivity contribution in [3.8, 4) is 5.75 Å². The third kappa shape index (κ3) is 3.34. The first-order valence-electron chi connectivity index (χ1n) is 12.4. The lowest BCUT2D eigenvalue weighted by atomic mass is 9.83. The molecule has 1 N–H and O–H groups in total. The third-order valence-corrected chi connectivity index (χ3v) is 8.31. The summed E-state index contributed by atoms with van der Waals surface area (Å²) in [6.45, 7) is 2.55. The second-order valence-electron chi connectivity index (χ2n) is 9.31. The molecule has 2 aliphatic heterocycles. The number of rotatable bonds is 3. The second kappa shape index (κ2) is 8.42. The zero-order valence-electron chi connectivity index (χ0n) is 20.2. The molecule has 4 aromatic rings. The molecule has 1 aliphatic carbocycles. The molecule has 1 atom stereocenters. The van der Waals surface area contributed by atoms with Gasteiger partial charge in [0.25, 0.3) is 11.5 Å². The molecule has 6 nitrogen and oxygen atoms in total. The molecule has 1 amide bonds. The minimum atomic E-state index is -0.302. The van der Waals surface area contributed by atoms with Crippen molar-refractivity contribution in [3.63, 3.8) is 0 Å². The maximum atomic E-state index is 14.1. The zero-order valence-corrected chi connectivity index (χ0v) is 21.0. The fourth-order valence-electron chi connectivity index (χ4n) is 5.63. The quantitative estimate of drug-likeness (QED) is 0.457. The molecule has 0 bridgehead atoms. The number of amides is 1. The number of thiazole rings is 1. The van der Waals surface area contributed by atoms with E-state index in [1.165, 1.54) is 16.9 Å². The molecule has 3 aliphatic rings. The van der Waals surface area contributed by atoms with Gasteiger partial charge in [0, 0.05) is 16.8 Å². The average molecular weight is 506 g/mol. The van der Waals surface area contributed by atoms with Crippen molar-refractivity contribution in [1.29, 1.82) is 0 Å². The maximum absolute atomic E-state index is 14.1. The van der Waals surface area contributed by atoms with Crippen molar-refractivity contribution in [3.05, 3.63) is 120 Å². The summed E-state index contributed by atoms with van der Waals surface area (Å²) in [4.78, 5) is 32.8. The first kappa shape index (κ1) is 22.0. The minimum absolute atomic E-state index is 0.185. The van der Waals surface area contributed by atoms with Gasteiger partial charge >= 0.3 is 0 Å². The van der Waals surface area contributed by atoms with Gasteiger partial charge in [-0.25, -0.2) is 4.99 Å². The number of aryl methyl sites for hydroxylation is 1. The predicted octanol–water partition coefficient (Wildman–Crippen LogP) is 4.04. The van der Waals surface area contributed by atoms with Gasteiger partial charge in [-0.1, -0.05) is 65.9 Å². The summed E-state index contributed by atoms with van der Waals surface area (Å²) < 4.78 is 7.87. The van der Waals surface area contributed by atoms with Gasteiger partial charge in [0.1, 0.15) is 10.3 Å². The van der Waals surface area contributed by atoms with Crippen LogP contribution in [0.15, 0.2) is 88.2 Å². The standard InChI is InChI=1S/C30H23N3O3S/c1-2-36-19-14-11-18(12-15-19)26-22-16-13-17-7-3-4-8-20(17)25(22)32-30-33(26)29(35)27(37-30)24-21-9-5-6-10-23(21)31-28(24)34/h3-12,14-15,26H,2,13,16H2,1H3,(H,31,34)/b27-24-/t26-/m1/s1. The lowest BCUT2D eigenvalue weighted by molar-refractivity contribution is -0.110. The van der Waals surface area contributed by atoms with Crippen LogP contribution in [0.25, 0.3) is 11.3 Å². The zero-order chi connectivity index (χ0) is 25.1. The summed E-state index contributed by atoms with van der Waals surface area (Å²) in [6.07, 6.45) is 1.71. The van der Waals surface area contributed by atoms with Gasteiger partial charge in [-0.3, -0.25) is 14.2 Å². The van der Waals surface area contributed by atoms with Crippen molar-refractivity contribution in [2.75, 3.05) is 11.9 Å². The van der Waals surface area contributed by atoms with E-state index in [1.54, 1.807) is 4.57 Å². The predicted molar refractivity (Wildman–Crippen MR) is 144 cm³/mol. The summed E-state index contributed by atoms with van der Waals surface area (Å²) in [5.74, 6) is 0.543. The first-order valence-corrected chi connectivity index (χ1v) is 13.2. The Morgan fingerprint density at radius 1 is 0.973 bits per heavy atom. The van der Waals surface area contributed by atoms with Crippen molar-refractivity contribution in [1.82, 2.24) is 4.57 Å². The van der Waals surface area contributed by atoms with E-state index in [9.17, 15) is 9.59 Å². The van der Waals surface area contributed by atoms with Crippen LogP contribution in [0, 0.1) is 0 Å². The molecule has 3 aromatic carbocycles. The lowest BCUT2D eigenvalue weighted by Crippen LogP contribution is -2.39. The molecule has 7 heteroatoms. The van der Waals surface area contributed by atoms with E-state index < -0.39 is 0 Å². The van der Waals surface area contributed by atoms with E-state index in [0.29, 0.717) is 21.5 Å². The number of nitrogens with zero attached hydrogens (tertiary/aromatic N) is 2. The summed E-state index contributed by atoms with van der Waals surface area (Å²) in [7, 11) is 0. The Labute approximate surface area is 216 Å². The smallest absolute Gasteiger partial charge is 0.271 e. The van der Waals surface area contributed by atoms with E-state index in [-0.39, 0.29) is 17.5 Å². The highest BCUT2D eigenvalue weighted by Crippen LogP contribution is 2.41. The van der Waals surface area contributed by atoms with E-state index in [4.69, 9.17) is 9.73 Å². The number of hydrogen-bond acceptors (Lipinski definition) is 5. The molecule has 0 saturated heterocycles. The number of carbonyl (C=O) groups excluding carboxylic acids is 1. The van der Waals surface area contributed by atoms with Crippen LogP contribution >= 0.6 is 11.3 Å². The van der Waals surface area contributed by atoms with Crippen LogP contribution in [0.5, 0.6) is 5.75 Å². The van der Waals surface area contributed by atoms with Gasteiger partial charge < -0.3 is 10.1 Å². The lowest BCUT2D eigenvalue weighted by Gasteiger charge is -2.30. The van der Waals surface area contributed by atoms with Gasteiger partial charge in [-0.2, -0.15) is 0 Å². The second-order valence-corrected chi connectivity index (χ2v) is 10.3. The maximum Gasteiger partial charge on any atom is 0.271 e. The van der Waals surface area contributed by atoms with Gasteiger partial charge in [0.05, 0.1) is 23.9 Å². The number of fused-ring (bicyclic) bond motifs is 4. The molecular formula is C30H23N3O3S. The highest BCUT2D eigenvalue weighted by Gasteiger charge is 2.34. The number of aromatic nitrogens is 1. The number of carbonyl (C=O) groups is 1. The highest BCUT2D eigenvalue weighted by atomic mass is 32.1. The minimum Gasteiger partial charge on any atom is -0.494 e. The van der Waals surface area contributed by atoms with Crippen LogP contribution in [0.3, 0.4) is 0 Å². The summed E-state index contributed by atoms with van der Waals surface area (Å²) in [5.41, 5.74) is 7.17. The number of ether oxygens (including phenoxy) is 1. The van der Waals surface area contributed by atoms with Gasteiger partial charge in [-0.15, -0.1) is 0 Å². The number of benzene rings is 3. The molecule has 0 saturated carbocycles. The Bertz CT molecular complexity index is 1810. The molecule has 0 spiro atoms. The largest absolute Gasteiger partial charge is 0.494 e. The number of anilines is 1. The molecule has 182 valence electrons. The molecule has 3 heterocycles. The Morgan fingerprint density at radius 3 is 2.54 bits per heavy atom. The molecular weight excluding hydrogens is 482 g/mol. The van der Waals surface area contributed by atoms with Crippen molar-refractivity contribution in [2.24, 2.45) is 4.99 Å². The SMILES string of the molecule is CCOc1ccc([C@@H]2C3=C(N=c4s/c(=C5\C(=O)Nc6ccccc65)c(=O)n42)c2ccccc2CC3)cc1. The molecule has 7 rings (SSSR count). The van der Waals surface area contributed by atoms with Crippen LogP contribution in [-0.2, 0) is 11.2 Å². The Balaban J connectivity index is 1.52. The highest BCUT2D eigenvalue weighted by molar-refractivity contribution is 7.07. The first-order chi connectivity index (χ1) is 18.1. The monoisotopic (exact) mass is 505 g/mol. The fraction of sp³-hybridized carbons (Fsp3) is 0.167. The molecule has 0 fully saturated rings. The summed E-state index contributed by atoms with van der Waals surface area (Å²) >= 11 is 1.29.